The van der Waals surface area contributed by atoms with Gasteiger partial charge in [0.05, 0.1) is 0 Å². The summed E-state index contributed by atoms with van der Waals surface area (Å²) in [5.74, 6) is 1.11. The lowest BCUT2D eigenvalue weighted by Crippen LogP contribution is -2.05. The summed E-state index contributed by atoms with van der Waals surface area (Å²) in [4.78, 5) is 16.7. The highest BCUT2D eigenvalue weighted by atomic mass is 127. The molecule has 4 nitrogen and oxygen atoms in total. The minimum atomic E-state index is -0.443. The van der Waals surface area contributed by atoms with Crippen LogP contribution in [-0.2, 0) is 16.1 Å². The summed E-state index contributed by atoms with van der Waals surface area (Å²) in [7, 11) is 0. The zero-order valence-corrected chi connectivity index (χ0v) is 19.5. The van der Waals surface area contributed by atoms with E-state index in [-0.39, 0.29) is 5.70 Å². The van der Waals surface area contributed by atoms with Crippen LogP contribution in [0, 0.1) is 3.57 Å². The zero-order chi connectivity index (χ0) is 21.8. The third-order valence-corrected chi connectivity index (χ3v) is 6.03. The van der Waals surface area contributed by atoms with Crippen molar-refractivity contribution in [3.8, 4) is 5.75 Å². The van der Waals surface area contributed by atoms with E-state index < -0.39 is 5.97 Å². The molecule has 0 bridgehead atoms. The molecule has 3 aromatic carbocycles. The normalized spacial score (nSPS) is 14.6. The lowest BCUT2D eigenvalue weighted by molar-refractivity contribution is -0.129. The van der Waals surface area contributed by atoms with Crippen LogP contribution in [0.2, 0.25) is 0 Å². The molecule has 31 heavy (non-hydrogen) atoms. The molecule has 3 aromatic rings. The van der Waals surface area contributed by atoms with Crippen LogP contribution >= 0.6 is 22.6 Å². The molecule has 0 unspecified atom stereocenters. The molecule has 0 spiro atoms. The lowest BCUT2D eigenvalue weighted by Gasteiger charge is -2.08. The van der Waals surface area contributed by atoms with Crippen molar-refractivity contribution >= 4 is 40.5 Å². The summed E-state index contributed by atoms with van der Waals surface area (Å²) in [6, 6.07) is 23.6. The van der Waals surface area contributed by atoms with Crippen molar-refractivity contribution in [1.82, 2.24) is 0 Å². The van der Waals surface area contributed by atoms with Crippen LogP contribution in [0.25, 0.3) is 6.08 Å². The maximum Gasteiger partial charge on any atom is 0.363 e. The molecule has 0 aliphatic carbocycles. The van der Waals surface area contributed by atoms with Crippen molar-refractivity contribution in [2.24, 2.45) is 4.99 Å². The monoisotopic (exact) mass is 523 g/mol. The van der Waals surface area contributed by atoms with Crippen molar-refractivity contribution in [3.05, 3.63) is 104 Å². The number of cyclic esters (lactones) is 1. The molecule has 0 atom stereocenters. The predicted octanol–water partition coefficient (Wildman–Crippen LogP) is 6.34. The maximum atomic E-state index is 12.3. The molecule has 0 aromatic heterocycles. The van der Waals surface area contributed by atoms with Gasteiger partial charge in [-0.05, 0) is 76.0 Å². The molecule has 0 radical (unpaired) electrons. The van der Waals surface area contributed by atoms with Crippen molar-refractivity contribution in [3.63, 3.8) is 0 Å². The Morgan fingerprint density at radius 2 is 1.71 bits per heavy atom. The number of halogens is 1. The van der Waals surface area contributed by atoms with Gasteiger partial charge in [0.1, 0.15) is 12.4 Å². The standard InChI is InChI=1S/C26H22INO3/c1-17(2)19-9-11-20(12-10-19)25-28-24(26(29)31-25)15-18-7-13-22(14-8-18)30-16-21-5-3-4-6-23(21)27/h3-15,17H,16H2,1-2H3/b24-15-. The van der Waals surface area contributed by atoms with Crippen molar-refractivity contribution in [1.29, 1.82) is 0 Å². The molecular formula is C26H22INO3. The van der Waals surface area contributed by atoms with Crippen LogP contribution in [0.5, 0.6) is 5.75 Å². The molecule has 0 amide bonds. The molecule has 5 heteroatoms. The van der Waals surface area contributed by atoms with E-state index in [0.717, 1.165) is 22.4 Å². The highest BCUT2D eigenvalue weighted by Crippen LogP contribution is 2.23. The summed E-state index contributed by atoms with van der Waals surface area (Å²) in [5, 5.41) is 0. The Labute approximate surface area is 195 Å². The highest BCUT2D eigenvalue weighted by molar-refractivity contribution is 14.1. The van der Waals surface area contributed by atoms with Gasteiger partial charge in [0.15, 0.2) is 5.70 Å². The maximum absolute atomic E-state index is 12.3. The third kappa shape index (κ3) is 5.22. The first-order valence-electron chi connectivity index (χ1n) is 10.1. The van der Waals surface area contributed by atoms with Gasteiger partial charge in [-0.25, -0.2) is 9.79 Å². The van der Waals surface area contributed by atoms with Crippen molar-refractivity contribution in [2.75, 3.05) is 0 Å². The van der Waals surface area contributed by atoms with Gasteiger partial charge in [0, 0.05) is 14.7 Å². The van der Waals surface area contributed by atoms with Gasteiger partial charge >= 0.3 is 5.97 Å². The zero-order valence-electron chi connectivity index (χ0n) is 17.3. The smallest absolute Gasteiger partial charge is 0.363 e. The first kappa shape index (κ1) is 21.3. The van der Waals surface area contributed by atoms with Crippen LogP contribution in [-0.4, -0.2) is 11.9 Å². The van der Waals surface area contributed by atoms with Crippen LogP contribution in [0.4, 0.5) is 0 Å². The molecular weight excluding hydrogens is 501 g/mol. The molecule has 0 fully saturated rings. The van der Waals surface area contributed by atoms with E-state index in [4.69, 9.17) is 9.47 Å². The Balaban J connectivity index is 1.45. The Kier molecular flexibility index (Phi) is 6.51. The number of hydrogen-bond donors (Lipinski definition) is 0. The number of aliphatic imine (C=N–C) groups is 1. The fourth-order valence-corrected chi connectivity index (χ4v) is 3.68. The Bertz CT molecular complexity index is 1150. The van der Waals surface area contributed by atoms with Crippen LogP contribution in [0.1, 0.15) is 42.0 Å². The van der Waals surface area contributed by atoms with E-state index >= 15 is 0 Å². The second kappa shape index (κ2) is 9.47. The number of rotatable bonds is 6. The summed E-state index contributed by atoms with van der Waals surface area (Å²) in [6.07, 6.45) is 1.72. The lowest BCUT2D eigenvalue weighted by atomic mass is 10.0. The molecule has 156 valence electrons. The van der Waals surface area contributed by atoms with Gasteiger partial charge in [-0.15, -0.1) is 0 Å². The SMILES string of the molecule is CC(C)c1ccc(C2=N/C(=C\c3ccc(OCc4ccccc4I)cc3)C(=O)O2)cc1. The van der Waals surface area contributed by atoms with E-state index in [1.54, 1.807) is 6.08 Å². The van der Waals surface area contributed by atoms with Crippen LogP contribution < -0.4 is 4.74 Å². The van der Waals surface area contributed by atoms with Crippen LogP contribution in [0.15, 0.2) is 83.5 Å². The largest absolute Gasteiger partial charge is 0.489 e. The number of carbonyl (C=O) groups is 1. The molecule has 0 N–H and O–H groups in total. The predicted molar refractivity (Wildman–Crippen MR) is 131 cm³/mol. The number of nitrogens with zero attached hydrogens (tertiary/aromatic N) is 1. The second-order valence-corrected chi connectivity index (χ2v) is 8.72. The summed E-state index contributed by atoms with van der Waals surface area (Å²) < 4.78 is 12.4. The first-order valence-corrected chi connectivity index (χ1v) is 11.2. The van der Waals surface area contributed by atoms with E-state index in [2.05, 4.69) is 53.6 Å². The summed E-state index contributed by atoms with van der Waals surface area (Å²) in [6.45, 7) is 4.79. The first-order chi connectivity index (χ1) is 15.0. The molecule has 1 aliphatic heterocycles. The number of esters is 1. The van der Waals surface area contributed by atoms with Crippen molar-refractivity contribution in [2.45, 2.75) is 26.4 Å². The molecule has 4 rings (SSSR count). The van der Waals surface area contributed by atoms with E-state index in [1.807, 2.05) is 60.7 Å². The Morgan fingerprint density at radius 1 is 1.00 bits per heavy atom. The molecule has 0 saturated heterocycles. The van der Waals surface area contributed by atoms with E-state index in [0.29, 0.717) is 18.4 Å². The second-order valence-electron chi connectivity index (χ2n) is 7.56. The van der Waals surface area contributed by atoms with Gasteiger partial charge in [-0.2, -0.15) is 0 Å². The van der Waals surface area contributed by atoms with Gasteiger partial charge in [-0.3, -0.25) is 0 Å². The van der Waals surface area contributed by atoms with E-state index in [1.165, 1.54) is 9.13 Å². The van der Waals surface area contributed by atoms with Gasteiger partial charge in [0.2, 0.25) is 5.90 Å². The summed E-state index contributed by atoms with van der Waals surface area (Å²) in [5.41, 5.74) is 4.31. The highest BCUT2D eigenvalue weighted by Gasteiger charge is 2.24. The molecule has 1 aliphatic rings. The fourth-order valence-electron chi connectivity index (χ4n) is 3.14. The van der Waals surface area contributed by atoms with Gasteiger partial charge in [-0.1, -0.05) is 56.3 Å². The van der Waals surface area contributed by atoms with Crippen LogP contribution in [0.3, 0.4) is 0 Å². The quantitative estimate of drug-likeness (QED) is 0.215. The molecule has 1 heterocycles. The third-order valence-electron chi connectivity index (χ3n) is 4.98. The van der Waals surface area contributed by atoms with Gasteiger partial charge < -0.3 is 9.47 Å². The number of ether oxygens (including phenoxy) is 2. The number of hydrogen-bond acceptors (Lipinski definition) is 4. The number of benzene rings is 3. The van der Waals surface area contributed by atoms with Gasteiger partial charge in [0.25, 0.3) is 0 Å². The topological polar surface area (TPSA) is 47.9 Å². The van der Waals surface area contributed by atoms with E-state index in [9.17, 15) is 4.79 Å². The fraction of sp³-hybridized carbons (Fsp3) is 0.154. The Morgan fingerprint density at radius 3 is 2.39 bits per heavy atom. The average Bonchev–Trinajstić information content (AvgIpc) is 3.14. The van der Waals surface area contributed by atoms with Crippen molar-refractivity contribution < 1.29 is 14.3 Å². The Hall–Kier alpha value is -2.93. The molecule has 0 saturated carbocycles. The number of carbonyl (C=O) groups excluding carboxylic acids is 1. The average molecular weight is 523 g/mol. The minimum absolute atomic E-state index is 0.287. The minimum Gasteiger partial charge on any atom is -0.489 e. The summed E-state index contributed by atoms with van der Waals surface area (Å²) >= 11 is 2.30.